The largest absolute Gasteiger partial charge is 0.416 e. The molecular formula is C16H23F3N2O2. The van der Waals surface area contributed by atoms with Crippen LogP contribution in [0.25, 0.3) is 0 Å². The van der Waals surface area contributed by atoms with Crippen molar-refractivity contribution in [2.75, 3.05) is 46.9 Å². The maximum Gasteiger partial charge on any atom is 0.416 e. The predicted molar refractivity (Wildman–Crippen MR) is 81.1 cm³/mol. The maximum absolute atomic E-state index is 13.0. The van der Waals surface area contributed by atoms with Gasteiger partial charge in [0.2, 0.25) is 0 Å². The number of alkyl halides is 3. The SMILES string of the molecule is CN(C)CC1CN(CC(O)c2ccccc2C(F)(F)F)CCO1. The van der Waals surface area contributed by atoms with Gasteiger partial charge in [0.1, 0.15) is 0 Å². The summed E-state index contributed by atoms with van der Waals surface area (Å²) in [6.45, 7) is 2.64. The maximum atomic E-state index is 13.0. The standard InChI is InChI=1S/C16H23F3N2O2/c1-20(2)9-12-10-21(7-8-23-12)11-15(22)13-5-3-4-6-14(13)16(17,18)19/h3-6,12,15,22H,7-11H2,1-2H3. The van der Waals surface area contributed by atoms with Gasteiger partial charge in [0, 0.05) is 26.2 Å². The zero-order chi connectivity index (χ0) is 17.0. The number of rotatable bonds is 5. The van der Waals surface area contributed by atoms with Crippen LogP contribution < -0.4 is 0 Å². The molecule has 1 aliphatic rings. The molecule has 2 rings (SSSR count). The molecule has 0 aliphatic carbocycles. The normalized spacial score (nSPS) is 21.6. The summed E-state index contributed by atoms with van der Waals surface area (Å²) in [6.07, 6.45) is -5.63. The van der Waals surface area contributed by atoms with Gasteiger partial charge in [-0.15, -0.1) is 0 Å². The molecule has 2 atom stereocenters. The van der Waals surface area contributed by atoms with Crippen molar-refractivity contribution in [2.45, 2.75) is 18.4 Å². The first-order chi connectivity index (χ1) is 10.8. The van der Waals surface area contributed by atoms with E-state index >= 15 is 0 Å². The minimum atomic E-state index is -4.46. The van der Waals surface area contributed by atoms with Crippen LogP contribution in [-0.4, -0.2) is 67.9 Å². The molecule has 130 valence electrons. The molecule has 1 saturated heterocycles. The van der Waals surface area contributed by atoms with Crippen molar-refractivity contribution in [2.24, 2.45) is 0 Å². The Kier molecular flexibility index (Phi) is 6.02. The topological polar surface area (TPSA) is 35.9 Å². The second kappa shape index (κ2) is 7.61. The van der Waals surface area contributed by atoms with Crippen LogP contribution in [-0.2, 0) is 10.9 Å². The zero-order valence-corrected chi connectivity index (χ0v) is 13.4. The molecule has 4 nitrogen and oxygen atoms in total. The molecule has 23 heavy (non-hydrogen) atoms. The van der Waals surface area contributed by atoms with Gasteiger partial charge in [0.15, 0.2) is 0 Å². The van der Waals surface area contributed by atoms with E-state index in [-0.39, 0.29) is 18.2 Å². The molecule has 0 spiro atoms. The second-order valence-electron chi connectivity index (χ2n) is 6.12. The van der Waals surface area contributed by atoms with Crippen molar-refractivity contribution in [3.8, 4) is 0 Å². The summed E-state index contributed by atoms with van der Waals surface area (Å²) in [7, 11) is 3.88. The summed E-state index contributed by atoms with van der Waals surface area (Å²) in [4.78, 5) is 3.96. The predicted octanol–water partition coefficient (Wildman–Crippen LogP) is 2.00. The number of hydrogen-bond donors (Lipinski definition) is 1. The van der Waals surface area contributed by atoms with Crippen LogP contribution in [0.5, 0.6) is 0 Å². The number of morpholine rings is 1. The first kappa shape index (κ1) is 18.2. The van der Waals surface area contributed by atoms with Gasteiger partial charge in [-0.2, -0.15) is 13.2 Å². The highest BCUT2D eigenvalue weighted by atomic mass is 19.4. The highest BCUT2D eigenvalue weighted by Crippen LogP contribution is 2.34. The lowest BCUT2D eigenvalue weighted by Crippen LogP contribution is -2.47. The van der Waals surface area contributed by atoms with Gasteiger partial charge in [-0.25, -0.2) is 0 Å². The molecule has 2 unspecified atom stereocenters. The van der Waals surface area contributed by atoms with Gasteiger partial charge in [0.05, 0.1) is 24.4 Å². The van der Waals surface area contributed by atoms with Gasteiger partial charge in [-0.1, -0.05) is 18.2 Å². The molecular weight excluding hydrogens is 309 g/mol. The molecule has 7 heteroatoms. The molecule has 1 aliphatic heterocycles. The van der Waals surface area contributed by atoms with E-state index in [1.807, 2.05) is 23.9 Å². The number of benzene rings is 1. The average Bonchev–Trinajstić information content (AvgIpc) is 2.46. The Labute approximate surface area is 134 Å². The van der Waals surface area contributed by atoms with Crippen molar-refractivity contribution < 1.29 is 23.0 Å². The van der Waals surface area contributed by atoms with Crippen LogP contribution in [0, 0.1) is 0 Å². The van der Waals surface area contributed by atoms with Crippen molar-refractivity contribution >= 4 is 0 Å². The van der Waals surface area contributed by atoms with E-state index < -0.39 is 17.8 Å². The minimum Gasteiger partial charge on any atom is -0.387 e. The molecule has 1 fully saturated rings. The van der Waals surface area contributed by atoms with E-state index in [2.05, 4.69) is 0 Å². The van der Waals surface area contributed by atoms with Crippen LogP contribution in [0.2, 0.25) is 0 Å². The molecule has 0 amide bonds. The third-order valence-electron chi connectivity index (χ3n) is 3.85. The van der Waals surface area contributed by atoms with Crippen molar-refractivity contribution in [1.29, 1.82) is 0 Å². The van der Waals surface area contributed by atoms with Crippen molar-refractivity contribution in [3.63, 3.8) is 0 Å². The summed E-state index contributed by atoms with van der Waals surface area (Å²) in [5.74, 6) is 0. The number of aliphatic hydroxyl groups is 1. The summed E-state index contributed by atoms with van der Waals surface area (Å²) in [6, 6.07) is 5.20. The molecule has 1 N–H and O–H groups in total. The third-order valence-corrected chi connectivity index (χ3v) is 3.85. The zero-order valence-electron chi connectivity index (χ0n) is 13.4. The highest BCUT2D eigenvalue weighted by Gasteiger charge is 2.35. The van der Waals surface area contributed by atoms with Crippen molar-refractivity contribution in [3.05, 3.63) is 35.4 Å². The Hall–Kier alpha value is -1.15. The fraction of sp³-hybridized carbons (Fsp3) is 0.625. The van der Waals surface area contributed by atoms with Crippen LogP contribution in [0.4, 0.5) is 13.2 Å². The van der Waals surface area contributed by atoms with Crippen LogP contribution >= 0.6 is 0 Å². The minimum absolute atomic E-state index is 0.00353. The van der Waals surface area contributed by atoms with Crippen LogP contribution in [0.1, 0.15) is 17.2 Å². The quantitative estimate of drug-likeness (QED) is 0.895. The summed E-state index contributed by atoms with van der Waals surface area (Å²) in [5.41, 5.74) is -0.846. The average molecular weight is 332 g/mol. The van der Waals surface area contributed by atoms with Gasteiger partial charge in [-0.3, -0.25) is 4.90 Å². The van der Waals surface area contributed by atoms with Crippen molar-refractivity contribution in [1.82, 2.24) is 9.80 Å². The van der Waals surface area contributed by atoms with E-state index in [1.165, 1.54) is 18.2 Å². The number of β-amino-alcohol motifs (C(OH)–C–C–N with tert-alkyl or cyclic N) is 1. The smallest absolute Gasteiger partial charge is 0.387 e. The molecule has 1 aromatic carbocycles. The number of nitrogens with zero attached hydrogens (tertiary/aromatic N) is 2. The van der Waals surface area contributed by atoms with Crippen LogP contribution in [0.15, 0.2) is 24.3 Å². The molecule has 1 aromatic rings. The monoisotopic (exact) mass is 332 g/mol. The Morgan fingerprint density at radius 1 is 1.35 bits per heavy atom. The third kappa shape index (κ3) is 5.17. The molecule has 1 heterocycles. The summed E-state index contributed by atoms with van der Waals surface area (Å²) in [5, 5.41) is 10.3. The Balaban J connectivity index is 2.03. The molecule has 0 saturated carbocycles. The van der Waals surface area contributed by atoms with E-state index in [9.17, 15) is 18.3 Å². The van der Waals surface area contributed by atoms with Gasteiger partial charge in [0.25, 0.3) is 0 Å². The summed E-state index contributed by atoms with van der Waals surface area (Å²) >= 11 is 0. The number of halogens is 3. The molecule has 0 aromatic heterocycles. The van der Waals surface area contributed by atoms with Gasteiger partial charge in [-0.05, 0) is 25.7 Å². The number of aliphatic hydroxyl groups excluding tert-OH is 1. The second-order valence-corrected chi connectivity index (χ2v) is 6.12. The van der Waals surface area contributed by atoms with Gasteiger partial charge >= 0.3 is 6.18 Å². The Bertz CT molecular complexity index is 508. The lowest BCUT2D eigenvalue weighted by atomic mass is 10.0. The van der Waals surface area contributed by atoms with Gasteiger partial charge < -0.3 is 14.7 Å². The van der Waals surface area contributed by atoms with Crippen LogP contribution in [0.3, 0.4) is 0 Å². The first-order valence-electron chi connectivity index (χ1n) is 7.60. The highest BCUT2D eigenvalue weighted by molar-refractivity contribution is 5.31. The number of likely N-dealkylation sites (N-methyl/N-ethyl adjacent to an activating group) is 1. The fourth-order valence-electron chi connectivity index (χ4n) is 2.85. The first-order valence-corrected chi connectivity index (χ1v) is 7.60. The number of hydrogen-bond acceptors (Lipinski definition) is 4. The van der Waals surface area contributed by atoms with E-state index in [0.717, 1.165) is 12.6 Å². The molecule has 0 bridgehead atoms. The summed E-state index contributed by atoms with van der Waals surface area (Å²) < 4.78 is 44.8. The fourth-order valence-corrected chi connectivity index (χ4v) is 2.85. The van der Waals surface area contributed by atoms with E-state index in [0.29, 0.717) is 19.7 Å². The van der Waals surface area contributed by atoms with E-state index in [1.54, 1.807) is 0 Å². The Morgan fingerprint density at radius 3 is 2.70 bits per heavy atom. The lowest BCUT2D eigenvalue weighted by molar-refractivity contribution is -0.139. The number of ether oxygens (including phenoxy) is 1. The Morgan fingerprint density at radius 2 is 2.04 bits per heavy atom. The lowest BCUT2D eigenvalue weighted by Gasteiger charge is -2.35. The van der Waals surface area contributed by atoms with E-state index in [4.69, 9.17) is 4.74 Å². The molecule has 0 radical (unpaired) electrons.